The van der Waals surface area contributed by atoms with Crippen LogP contribution in [0.1, 0.15) is 49.9 Å². The predicted molar refractivity (Wildman–Crippen MR) is 118 cm³/mol. The first-order valence-corrected chi connectivity index (χ1v) is 9.27. The number of para-hydroxylation sites is 1. The van der Waals surface area contributed by atoms with Crippen molar-refractivity contribution in [3.05, 3.63) is 48.0 Å². The zero-order valence-electron chi connectivity index (χ0n) is 16.4. The van der Waals surface area contributed by atoms with Crippen molar-refractivity contribution in [2.45, 2.75) is 46.1 Å². The van der Waals surface area contributed by atoms with Gasteiger partial charge in [0.15, 0.2) is 5.78 Å². The van der Waals surface area contributed by atoms with E-state index in [0.29, 0.717) is 0 Å². The number of nitrogens with zero attached hydrogens (tertiary/aromatic N) is 1. The fourth-order valence-corrected chi connectivity index (χ4v) is 3.21. The number of hydrogen-bond donors (Lipinski definition) is 3. The summed E-state index contributed by atoms with van der Waals surface area (Å²) in [5, 5.41) is 2.44. The molecular weight excluding hydrogens is 376 g/mol. The molecule has 3 rings (SSSR count). The highest BCUT2D eigenvalue weighted by Gasteiger charge is 2.11. The summed E-state index contributed by atoms with van der Waals surface area (Å²) in [5.74, 6) is 4.57. The number of rotatable bonds is 6. The van der Waals surface area contributed by atoms with Crippen LogP contribution in [0.2, 0.25) is 0 Å². The molecule has 2 aromatic carbocycles. The first-order chi connectivity index (χ1) is 13.0. The van der Waals surface area contributed by atoms with Crippen molar-refractivity contribution < 1.29 is 9.59 Å². The van der Waals surface area contributed by atoms with E-state index < -0.39 is 6.03 Å². The Hall–Kier alpha value is -2.57. The molecule has 0 bridgehead atoms. The van der Waals surface area contributed by atoms with E-state index >= 15 is 0 Å². The lowest BCUT2D eigenvalue weighted by Crippen LogP contribution is -2.34. The lowest BCUT2D eigenvalue weighted by molar-refractivity contribution is 0.101. The Bertz CT molecular complexity index is 937. The molecule has 0 spiro atoms. The number of halogens is 1. The average Bonchev–Trinajstić information content (AvgIpc) is 2.99. The smallest absolute Gasteiger partial charge is 0.326 e. The molecule has 0 unspecified atom stereocenters. The number of carbonyl (C=O) groups is 2. The fraction of sp³-hybridized carbons (Fsp3) is 0.333. The lowest BCUT2D eigenvalue weighted by Gasteiger charge is -2.07. The molecule has 0 radical (unpaired) electrons. The van der Waals surface area contributed by atoms with Gasteiger partial charge < -0.3 is 10.3 Å². The third kappa shape index (κ3) is 5.71. The minimum Gasteiger partial charge on any atom is -0.351 e. The molecule has 1 aromatic heterocycles. The monoisotopic (exact) mass is 404 g/mol. The van der Waals surface area contributed by atoms with Crippen LogP contribution in [-0.2, 0) is 6.54 Å². The Balaban J connectivity index is 0.000000584. The molecule has 7 heteroatoms. The molecule has 6 nitrogen and oxygen atoms in total. The number of aromatic nitrogens is 1. The molecule has 1 heterocycles. The summed E-state index contributed by atoms with van der Waals surface area (Å²) < 4.78 is 2.41. The van der Waals surface area contributed by atoms with Crippen LogP contribution in [0.25, 0.3) is 21.8 Å². The van der Waals surface area contributed by atoms with E-state index in [9.17, 15) is 9.59 Å². The van der Waals surface area contributed by atoms with Crippen molar-refractivity contribution in [3.63, 3.8) is 0 Å². The second-order valence-corrected chi connectivity index (χ2v) is 6.53. The first kappa shape index (κ1) is 23.5. The molecule has 0 saturated carbocycles. The summed E-state index contributed by atoms with van der Waals surface area (Å²) in [6.07, 6.45) is 5.03. The van der Waals surface area contributed by atoms with Crippen molar-refractivity contribution in [2.75, 3.05) is 0 Å². The van der Waals surface area contributed by atoms with Gasteiger partial charge in [-0.3, -0.25) is 10.2 Å². The summed E-state index contributed by atoms with van der Waals surface area (Å²) in [6, 6.07) is 13.9. The molecule has 3 aromatic rings. The summed E-state index contributed by atoms with van der Waals surface area (Å²) >= 11 is 0. The van der Waals surface area contributed by atoms with Crippen molar-refractivity contribution >= 4 is 46.0 Å². The second kappa shape index (κ2) is 11.3. The van der Waals surface area contributed by atoms with Gasteiger partial charge in [0.25, 0.3) is 0 Å². The van der Waals surface area contributed by atoms with Crippen LogP contribution in [0.5, 0.6) is 0 Å². The highest BCUT2D eigenvalue weighted by Crippen LogP contribution is 2.30. The van der Waals surface area contributed by atoms with Gasteiger partial charge >= 0.3 is 6.03 Å². The van der Waals surface area contributed by atoms with Crippen LogP contribution in [0.3, 0.4) is 0 Å². The number of unbranched alkanes of at least 4 members (excludes halogenated alkanes) is 3. The number of fused-ring (bicyclic) bond motifs is 3. The Morgan fingerprint density at radius 3 is 2.25 bits per heavy atom. The number of carbonyl (C=O) groups excluding carboxylic acids is 2. The van der Waals surface area contributed by atoms with Gasteiger partial charge in [-0.05, 0) is 37.6 Å². The summed E-state index contributed by atoms with van der Waals surface area (Å²) in [6.45, 7) is 4.91. The third-order valence-electron chi connectivity index (χ3n) is 4.56. The van der Waals surface area contributed by atoms with E-state index in [-0.39, 0.29) is 18.2 Å². The quantitative estimate of drug-likeness (QED) is 0.185. The first-order valence-electron chi connectivity index (χ1n) is 9.27. The summed E-state index contributed by atoms with van der Waals surface area (Å²) in [4.78, 5) is 21.0. The zero-order valence-corrected chi connectivity index (χ0v) is 17.2. The Kier molecular flexibility index (Phi) is 9.48. The summed E-state index contributed by atoms with van der Waals surface area (Å²) in [5.41, 5.74) is 9.39. The number of amides is 2. The largest absolute Gasteiger partial charge is 0.351 e. The molecule has 0 aliphatic heterocycles. The van der Waals surface area contributed by atoms with Crippen molar-refractivity contribution in [1.82, 2.24) is 9.99 Å². The Morgan fingerprint density at radius 1 is 1.00 bits per heavy atom. The number of ketones is 1. The van der Waals surface area contributed by atoms with Crippen molar-refractivity contribution in [3.8, 4) is 0 Å². The van der Waals surface area contributed by atoms with Crippen molar-refractivity contribution in [1.29, 1.82) is 0 Å². The van der Waals surface area contributed by atoms with Crippen molar-refractivity contribution in [2.24, 2.45) is 11.6 Å². The number of hydrogen-bond acceptors (Lipinski definition) is 3. The van der Waals surface area contributed by atoms with Gasteiger partial charge in [-0.25, -0.2) is 10.6 Å². The van der Waals surface area contributed by atoms with E-state index in [0.717, 1.165) is 12.1 Å². The number of nitrogens with one attached hydrogen (secondary N) is 1. The van der Waals surface area contributed by atoms with E-state index in [2.05, 4.69) is 53.4 Å². The van der Waals surface area contributed by atoms with E-state index in [1.54, 1.807) is 12.3 Å². The minimum absolute atomic E-state index is 0. The number of primary amides is 1. The normalized spacial score (nSPS) is 10.1. The van der Waals surface area contributed by atoms with Gasteiger partial charge in [0.2, 0.25) is 0 Å². The molecule has 0 fully saturated rings. The highest BCUT2D eigenvalue weighted by atomic mass is 35.5. The van der Waals surface area contributed by atoms with Gasteiger partial charge in [-0.2, -0.15) is 0 Å². The van der Waals surface area contributed by atoms with Crippen LogP contribution < -0.4 is 17.0 Å². The topological polar surface area (TPSA) is 103 Å². The lowest BCUT2D eigenvalue weighted by atomic mass is 10.1. The fourth-order valence-electron chi connectivity index (χ4n) is 3.21. The molecule has 28 heavy (non-hydrogen) atoms. The zero-order chi connectivity index (χ0) is 19.8. The molecule has 152 valence electrons. The van der Waals surface area contributed by atoms with E-state index in [4.69, 9.17) is 0 Å². The van der Waals surface area contributed by atoms with Gasteiger partial charge in [0, 0.05) is 33.9 Å². The maximum atomic E-state index is 11.7. The Morgan fingerprint density at radius 2 is 1.64 bits per heavy atom. The van der Waals surface area contributed by atoms with Gasteiger partial charge in [0.1, 0.15) is 0 Å². The Labute approximate surface area is 171 Å². The molecular formula is C21H29ClN4O2. The average molecular weight is 405 g/mol. The number of urea groups is 1. The molecule has 5 N–H and O–H groups in total. The minimum atomic E-state index is -0.718. The highest BCUT2D eigenvalue weighted by molar-refractivity contribution is 6.10. The van der Waals surface area contributed by atoms with E-state index in [1.807, 2.05) is 12.1 Å². The SMILES string of the molecule is CCCCCCn1c2ccccc2c2cc(C(C)=O)ccc21.Cl.NNC(N)=O. The number of aryl methyl sites for hydroxylation is 1. The predicted octanol–water partition coefficient (Wildman–Crippen LogP) is 4.53. The summed E-state index contributed by atoms with van der Waals surface area (Å²) in [7, 11) is 0. The number of nitrogens with two attached hydrogens (primary N) is 2. The van der Waals surface area contributed by atoms with Crippen LogP contribution in [0.15, 0.2) is 42.5 Å². The van der Waals surface area contributed by atoms with Crippen LogP contribution in [-0.4, -0.2) is 16.4 Å². The number of benzene rings is 2. The van der Waals surface area contributed by atoms with Gasteiger partial charge in [-0.15, -0.1) is 12.4 Å². The van der Waals surface area contributed by atoms with Crippen LogP contribution >= 0.6 is 12.4 Å². The maximum Gasteiger partial charge on any atom is 0.326 e. The number of hydrazine groups is 1. The maximum absolute atomic E-state index is 11.7. The second-order valence-electron chi connectivity index (χ2n) is 6.53. The number of Topliss-reactive ketones (excluding diaryl/α,β-unsaturated/α-hetero) is 1. The van der Waals surface area contributed by atoms with E-state index in [1.165, 1.54) is 47.5 Å². The van der Waals surface area contributed by atoms with Gasteiger partial charge in [0.05, 0.1) is 0 Å². The van der Waals surface area contributed by atoms with Crippen LogP contribution in [0.4, 0.5) is 4.79 Å². The molecule has 0 atom stereocenters. The van der Waals surface area contributed by atoms with Gasteiger partial charge in [-0.1, -0.05) is 44.4 Å². The van der Waals surface area contributed by atoms with Crippen LogP contribution in [0, 0.1) is 0 Å². The molecule has 0 aliphatic carbocycles. The molecule has 0 aliphatic rings. The third-order valence-corrected chi connectivity index (χ3v) is 4.56. The molecule has 0 saturated heterocycles. The molecule has 2 amide bonds. The standard InChI is InChI=1S/C20H23NO.CH5N3O.ClH/c1-3-4-5-8-13-21-19-10-7-6-9-17(19)18-14-16(15(2)22)11-12-20(18)21;2-1(5)4-3;/h6-7,9-12,14H,3-5,8,13H2,1-2H3;3H2,(H3,2,4,5);1H.